The van der Waals surface area contributed by atoms with Crippen LogP contribution in [-0.2, 0) is 4.74 Å². The predicted octanol–water partition coefficient (Wildman–Crippen LogP) is 3.08. The zero-order valence-corrected chi connectivity index (χ0v) is 19.5. The third kappa shape index (κ3) is 6.81. The Hall–Kier alpha value is -2.36. The van der Waals surface area contributed by atoms with Crippen LogP contribution in [0.1, 0.15) is 39.6 Å². The molecule has 2 rings (SSSR count). The molecule has 0 spiro atoms. The van der Waals surface area contributed by atoms with E-state index in [1.54, 1.807) is 33.5 Å². The lowest BCUT2D eigenvalue weighted by Gasteiger charge is -2.21. The molecular formula is C22H35N3O6. The second kappa shape index (κ2) is 11.9. The summed E-state index contributed by atoms with van der Waals surface area (Å²) in [5, 5.41) is 17.6. The molecule has 0 radical (unpaired) electrons. The van der Waals surface area contributed by atoms with Gasteiger partial charge in [0.05, 0.1) is 40.1 Å². The number of ether oxygens (including phenoxy) is 4. The lowest BCUT2D eigenvalue weighted by molar-refractivity contribution is 0.0237. The van der Waals surface area contributed by atoms with E-state index in [0.29, 0.717) is 53.6 Å². The van der Waals surface area contributed by atoms with Gasteiger partial charge in [0.1, 0.15) is 0 Å². The largest absolute Gasteiger partial charge is 0.493 e. The lowest BCUT2D eigenvalue weighted by Crippen LogP contribution is -2.35. The van der Waals surface area contributed by atoms with Gasteiger partial charge in [-0.3, -0.25) is 0 Å². The van der Waals surface area contributed by atoms with Crippen molar-refractivity contribution >= 4 is 0 Å². The van der Waals surface area contributed by atoms with Gasteiger partial charge in [-0.15, -0.1) is 0 Å². The number of benzene rings is 1. The minimum absolute atomic E-state index is 0.164. The van der Waals surface area contributed by atoms with Crippen molar-refractivity contribution in [2.45, 2.75) is 39.8 Å². The Bertz CT molecular complexity index is 783. The van der Waals surface area contributed by atoms with E-state index in [4.69, 9.17) is 23.5 Å². The molecule has 0 aliphatic rings. The molecule has 2 N–H and O–H groups in total. The summed E-state index contributed by atoms with van der Waals surface area (Å²) in [4.78, 5) is 4.57. The van der Waals surface area contributed by atoms with Crippen molar-refractivity contribution in [3.63, 3.8) is 0 Å². The van der Waals surface area contributed by atoms with Crippen molar-refractivity contribution in [2.75, 3.05) is 41.1 Å². The first-order chi connectivity index (χ1) is 14.8. The molecule has 0 aliphatic heterocycles. The third-order valence-corrected chi connectivity index (χ3v) is 4.63. The molecule has 2 aromatic rings. The van der Waals surface area contributed by atoms with E-state index in [1.165, 1.54) is 0 Å². The molecular weight excluding hydrogens is 402 g/mol. The average Bonchev–Trinajstić information content (AvgIpc) is 3.22. The van der Waals surface area contributed by atoms with Crippen LogP contribution < -0.4 is 19.5 Å². The number of rotatable bonds is 13. The standard InChI is InChI=1S/C22H35N3O6/c1-13(2)11-30-12-16(26)10-23-19(14(3)4)22-24-21(25-31-22)15-8-17(27-5)20(29-7)18(9-15)28-6/h8-9,13-14,16,19,23,26H,10-12H2,1-7H3/t16-,19+/m0/s1. The molecule has 1 aromatic carbocycles. The van der Waals surface area contributed by atoms with Gasteiger partial charge in [-0.1, -0.05) is 32.9 Å². The Morgan fingerprint density at radius 3 is 2.16 bits per heavy atom. The Morgan fingerprint density at radius 1 is 1.00 bits per heavy atom. The monoisotopic (exact) mass is 437 g/mol. The number of aliphatic hydroxyl groups excluding tert-OH is 1. The molecule has 1 heterocycles. The van der Waals surface area contributed by atoms with Crippen molar-refractivity contribution in [1.82, 2.24) is 15.5 Å². The van der Waals surface area contributed by atoms with E-state index in [0.717, 1.165) is 0 Å². The van der Waals surface area contributed by atoms with Gasteiger partial charge in [0.15, 0.2) is 11.5 Å². The third-order valence-electron chi connectivity index (χ3n) is 4.63. The van der Waals surface area contributed by atoms with Gasteiger partial charge < -0.3 is 33.9 Å². The van der Waals surface area contributed by atoms with Gasteiger partial charge in [0.2, 0.25) is 17.5 Å². The van der Waals surface area contributed by atoms with Crippen LogP contribution in [0.5, 0.6) is 17.2 Å². The summed E-state index contributed by atoms with van der Waals surface area (Å²) in [5.74, 6) is 2.94. The fraction of sp³-hybridized carbons (Fsp3) is 0.636. The number of hydrogen-bond acceptors (Lipinski definition) is 9. The van der Waals surface area contributed by atoms with Crippen LogP contribution in [0, 0.1) is 11.8 Å². The Balaban J connectivity index is 2.15. The number of nitrogens with zero attached hydrogens (tertiary/aromatic N) is 2. The van der Waals surface area contributed by atoms with Crippen molar-refractivity contribution in [3.8, 4) is 28.6 Å². The molecule has 31 heavy (non-hydrogen) atoms. The Labute approximate surface area is 184 Å². The zero-order chi connectivity index (χ0) is 23.0. The highest BCUT2D eigenvalue weighted by Gasteiger charge is 2.24. The molecule has 0 saturated carbocycles. The molecule has 0 aliphatic carbocycles. The number of nitrogens with one attached hydrogen (secondary N) is 1. The summed E-state index contributed by atoms with van der Waals surface area (Å²) in [7, 11) is 4.66. The smallest absolute Gasteiger partial charge is 0.244 e. The number of hydrogen-bond donors (Lipinski definition) is 2. The summed E-state index contributed by atoms with van der Waals surface area (Å²) in [6.07, 6.45) is -0.627. The number of methoxy groups -OCH3 is 3. The molecule has 1 aromatic heterocycles. The Kier molecular flexibility index (Phi) is 9.54. The minimum atomic E-state index is -0.627. The first-order valence-electron chi connectivity index (χ1n) is 10.4. The first-order valence-corrected chi connectivity index (χ1v) is 10.4. The molecule has 0 bridgehead atoms. The van der Waals surface area contributed by atoms with Gasteiger partial charge in [-0.2, -0.15) is 4.98 Å². The van der Waals surface area contributed by atoms with Crippen molar-refractivity contribution in [1.29, 1.82) is 0 Å². The highest BCUT2D eigenvalue weighted by atomic mass is 16.5. The second-order valence-corrected chi connectivity index (χ2v) is 8.09. The van der Waals surface area contributed by atoms with E-state index in [2.05, 4.69) is 29.3 Å². The fourth-order valence-electron chi connectivity index (χ4n) is 3.06. The Morgan fingerprint density at radius 2 is 1.65 bits per heavy atom. The van der Waals surface area contributed by atoms with Gasteiger partial charge in [-0.05, 0) is 24.0 Å². The highest BCUT2D eigenvalue weighted by Crippen LogP contribution is 2.40. The maximum absolute atomic E-state index is 10.2. The summed E-state index contributed by atoms with van der Waals surface area (Å²) in [5.41, 5.74) is 0.675. The minimum Gasteiger partial charge on any atom is -0.493 e. The summed E-state index contributed by atoms with van der Waals surface area (Å²) in [6, 6.07) is 3.32. The maximum Gasteiger partial charge on any atom is 0.244 e. The molecule has 9 heteroatoms. The van der Waals surface area contributed by atoms with Gasteiger partial charge >= 0.3 is 0 Å². The highest BCUT2D eigenvalue weighted by molar-refractivity contribution is 5.66. The molecule has 0 unspecified atom stereocenters. The topological polar surface area (TPSA) is 108 Å². The number of aliphatic hydroxyl groups is 1. The quantitative estimate of drug-likeness (QED) is 0.489. The zero-order valence-electron chi connectivity index (χ0n) is 19.5. The molecule has 0 fully saturated rings. The van der Waals surface area contributed by atoms with Crippen molar-refractivity contribution < 1.29 is 28.6 Å². The van der Waals surface area contributed by atoms with Gasteiger partial charge in [0.25, 0.3) is 0 Å². The van der Waals surface area contributed by atoms with Gasteiger partial charge in [0, 0.05) is 18.7 Å². The van der Waals surface area contributed by atoms with Crippen LogP contribution in [0.3, 0.4) is 0 Å². The van der Waals surface area contributed by atoms with Crippen LogP contribution in [0.4, 0.5) is 0 Å². The fourth-order valence-corrected chi connectivity index (χ4v) is 3.06. The lowest BCUT2D eigenvalue weighted by atomic mass is 10.0. The molecule has 9 nitrogen and oxygen atoms in total. The molecule has 0 saturated heterocycles. The van der Waals surface area contributed by atoms with Crippen molar-refractivity contribution in [3.05, 3.63) is 18.0 Å². The van der Waals surface area contributed by atoms with Gasteiger partial charge in [-0.25, -0.2) is 0 Å². The first kappa shape index (κ1) is 24.9. The van der Waals surface area contributed by atoms with Crippen LogP contribution >= 0.6 is 0 Å². The summed E-state index contributed by atoms with van der Waals surface area (Å²) < 4.78 is 27.2. The van der Waals surface area contributed by atoms with Crippen LogP contribution in [0.25, 0.3) is 11.4 Å². The normalized spacial score (nSPS) is 13.5. The molecule has 0 amide bonds. The van der Waals surface area contributed by atoms with E-state index in [9.17, 15) is 5.11 Å². The second-order valence-electron chi connectivity index (χ2n) is 8.09. The SMILES string of the molecule is COc1cc(-c2noc([C@H](NC[C@H](O)COCC(C)C)C(C)C)n2)cc(OC)c1OC. The van der Waals surface area contributed by atoms with Crippen molar-refractivity contribution in [2.24, 2.45) is 11.8 Å². The maximum atomic E-state index is 10.2. The van der Waals surface area contributed by atoms with Crippen LogP contribution in [0.2, 0.25) is 0 Å². The molecule has 2 atom stereocenters. The van der Waals surface area contributed by atoms with Crippen LogP contribution in [-0.4, -0.2) is 62.4 Å². The average molecular weight is 438 g/mol. The van der Waals surface area contributed by atoms with E-state index in [1.807, 2.05) is 13.8 Å². The van der Waals surface area contributed by atoms with E-state index < -0.39 is 6.10 Å². The summed E-state index contributed by atoms with van der Waals surface area (Å²) >= 11 is 0. The molecule has 174 valence electrons. The van der Waals surface area contributed by atoms with E-state index in [-0.39, 0.29) is 18.6 Å². The number of aromatic nitrogens is 2. The van der Waals surface area contributed by atoms with Crippen LogP contribution in [0.15, 0.2) is 16.7 Å². The van der Waals surface area contributed by atoms with E-state index >= 15 is 0 Å². The summed E-state index contributed by atoms with van der Waals surface area (Å²) in [6.45, 7) is 9.47. The predicted molar refractivity (Wildman–Crippen MR) is 117 cm³/mol.